The highest BCUT2D eigenvalue weighted by Gasteiger charge is 2.13. The maximum absolute atomic E-state index is 13.7. The fraction of sp³-hybridized carbons (Fsp3) is 0.0417. The number of anilines is 1. The third kappa shape index (κ3) is 4.11. The Morgan fingerprint density at radius 1 is 0.781 bits per heavy atom. The normalized spacial score (nSPS) is 10.9. The zero-order valence-corrected chi connectivity index (χ0v) is 16.7. The topological polar surface area (TPSA) is 76.5 Å². The predicted molar refractivity (Wildman–Crippen MR) is 117 cm³/mol. The highest BCUT2D eigenvalue weighted by molar-refractivity contribution is 5.93. The molecule has 0 aliphatic carbocycles. The molecule has 32 heavy (non-hydrogen) atoms. The molecule has 0 amide bonds. The second-order valence-electron chi connectivity index (χ2n) is 7.05. The van der Waals surface area contributed by atoms with Gasteiger partial charge in [-0.1, -0.05) is 12.1 Å². The van der Waals surface area contributed by atoms with Gasteiger partial charge in [0.1, 0.15) is 23.1 Å². The molecule has 8 heteroatoms. The largest absolute Gasteiger partial charge is 0.364 e. The molecule has 0 atom stereocenters. The number of aromatic nitrogens is 5. The lowest BCUT2D eigenvalue weighted by Crippen LogP contribution is -2.06. The molecular weight excluding hydrogens is 410 g/mol. The molecule has 5 rings (SSSR count). The smallest absolute Gasteiger partial charge is 0.182 e. The first-order valence-corrected chi connectivity index (χ1v) is 9.84. The number of halogens is 2. The molecule has 0 aliphatic rings. The van der Waals surface area contributed by atoms with Crippen LogP contribution in [0.15, 0.2) is 79.4 Å². The molecule has 0 saturated carbocycles. The van der Waals surface area contributed by atoms with Crippen molar-refractivity contribution in [3.05, 3.63) is 96.7 Å². The van der Waals surface area contributed by atoms with Gasteiger partial charge < -0.3 is 5.32 Å². The van der Waals surface area contributed by atoms with Crippen LogP contribution in [0.25, 0.3) is 33.5 Å². The summed E-state index contributed by atoms with van der Waals surface area (Å²) >= 11 is 0. The Morgan fingerprint density at radius 2 is 1.66 bits per heavy atom. The van der Waals surface area contributed by atoms with Crippen LogP contribution in [0, 0.1) is 11.6 Å². The van der Waals surface area contributed by atoms with Crippen LogP contribution in [0.1, 0.15) is 5.69 Å². The number of nitrogens with zero attached hydrogens (tertiary/aromatic N) is 5. The molecule has 0 fully saturated rings. The standard InChI is InChI=1S/C24H16F2N6/c25-17-9-16(10-18(26)12-17)15-4-5-20-21(11-15)31-24(22-14-27-7-8-29-22)32-23(20)30-13-19-3-1-2-6-28-19/h1-12,14H,13H2,(H,30,31,32). The minimum Gasteiger partial charge on any atom is -0.364 e. The van der Waals surface area contributed by atoms with Crippen molar-refractivity contribution in [1.29, 1.82) is 0 Å². The van der Waals surface area contributed by atoms with Crippen molar-refractivity contribution in [2.24, 2.45) is 0 Å². The van der Waals surface area contributed by atoms with E-state index >= 15 is 0 Å². The van der Waals surface area contributed by atoms with Crippen molar-refractivity contribution in [2.45, 2.75) is 6.54 Å². The molecule has 156 valence electrons. The van der Waals surface area contributed by atoms with Crippen LogP contribution in [0.3, 0.4) is 0 Å². The van der Waals surface area contributed by atoms with Crippen LogP contribution in [0.2, 0.25) is 0 Å². The molecule has 0 aliphatic heterocycles. The van der Waals surface area contributed by atoms with Gasteiger partial charge in [-0.3, -0.25) is 9.97 Å². The lowest BCUT2D eigenvalue weighted by molar-refractivity contribution is 0.584. The van der Waals surface area contributed by atoms with Gasteiger partial charge in [-0.05, 0) is 47.5 Å². The second-order valence-corrected chi connectivity index (χ2v) is 7.05. The molecule has 3 aromatic heterocycles. The third-order valence-electron chi connectivity index (χ3n) is 4.85. The average Bonchev–Trinajstić information content (AvgIpc) is 2.82. The third-order valence-corrected chi connectivity index (χ3v) is 4.85. The van der Waals surface area contributed by atoms with E-state index in [1.807, 2.05) is 24.3 Å². The highest BCUT2D eigenvalue weighted by Crippen LogP contribution is 2.29. The maximum Gasteiger partial charge on any atom is 0.182 e. The SMILES string of the molecule is Fc1cc(F)cc(-c2ccc3c(NCc4ccccn4)nc(-c4cnccn4)nc3c2)c1. The molecule has 5 aromatic rings. The van der Waals surface area contributed by atoms with Crippen molar-refractivity contribution in [3.63, 3.8) is 0 Å². The number of nitrogens with one attached hydrogen (secondary N) is 1. The summed E-state index contributed by atoms with van der Waals surface area (Å²) < 4.78 is 27.5. The average molecular weight is 426 g/mol. The van der Waals surface area contributed by atoms with E-state index in [0.29, 0.717) is 40.5 Å². The number of rotatable bonds is 5. The van der Waals surface area contributed by atoms with E-state index in [2.05, 4.69) is 30.2 Å². The Kier molecular flexibility index (Phi) is 5.17. The summed E-state index contributed by atoms with van der Waals surface area (Å²) in [5, 5.41) is 4.07. The van der Waals surface area contributed by atoms with Crippen molar-refractivity contribution >= 4 is 16.7 Å². The Hall–Kier alpha value is -4.33. The van der Waals surface area contributed by atoms with Crippen molar-refractivity contribution in [3.8, 4) is 22.6 Å². The Bertz CT molecular complexity index is 1370. The second kappa shape index (κ2) is 8.43. The molecule has 0 spiro atoms. The van der Waals surface area contributed by atoms with Crippen LogP contribution >= 0.6 is 0 Å². The maximum atomic E-state index is 13.7. The minimum absolute atomic E-state index is 0.386. The first-order valence-electron chi connectivity index (χ1n) is 9.84. The van der Waals surface area contributed by atoms with Gasteiger partial charge in [0.2, 0.25) is 0 Å². The summed E-state index contributed by atoms with van der Waals surface area (Å²) in [6.45, 7) is 0.462. The van der Waals surface area contributed by atoms with Crippen LogP contribution < -0.4 is 5.32 Å². The molecule has 3 heterocycles. The van der Waals surface area contributed by atoms with Crippen LogP contribution in [0.4, 0.5) is 14.6 Å². The summed E-state index contributed by atoms with van der Waals surface area (Å²) in [5.74, 6) is -0.295. The van der Waals surface area contributed by atoms with E-state index in [0.717, 1.165) is 17.1 Å². The number of pyridine rings is 1. The molecule has 1 N–H and O–H groups in total. The molecular formula is C24H16F2N6. The van der Waals surface area contributed by atoms with Crippen LogP contribution in [-0.4, -0.2) is 24.9 Å². The number of fused-ring (bicyclic) bond motifs is 1. The fourth-order valence-electron chi connectivity index (χ4n) is 3.37. The summed E-state index contributed by atoms with van der Waals surface area (Å²) in [7, 11) is 0. The summed E-state index contributed by atoms with van der Waals surface area (Å²) in [6.07, 6.45) is 6.44. The first kappa shape index (κ1) is 19.6. The molecule has 0 radical (unpaired) electrons. The van der Waals surface area contributed by atoms with E-state index < -0.39 is 11.6 Å². The van der Waals surface area contributed by atoms with Crippen molar-refractivity contribution < 1.29 is 8.78 Å². The lowest BCUT2D eigenvalue weighted by Gasteiger charge is -2.12. The Morgan fingerprint density at radius 3 is 2.41 bits per heavy atom. The minimum atomic E-state index is -0.638. The van der Waals surface area contributed by atoms with E-state index in [4.69, 9.17) is 0 Å². The molecule has 0 saturated heterocycles. The van der Waals surface area contributed by atoms with Gasteiger partial charge >= 0.3 is 0 Å². The van der Waals surface area contributed by atoms with Gasteiger partial charge in [-0.2, -0.15) is 0 Å². The van der Waals surface area contributed by atoms with Gasteiger partial charge in [0.05, 0.1) is 24.0 Å². The van der Waals surface area contributed by atoms with Crippen LogP contribution in [0.5, 0.6) is 0 Å². The predicted octanol–water partition coefficient (Wildman–Crippen LogP) is 5.04. The van der Waals surface area contributed by atoms with E-state index in [1.165, 1.54) is 12.1 Å². The lowest BCUT2D eigenvalue weighted by atomic mass is 10.0. The molecule has 0 unspecified atom stereocenters. The summed E-state index contributed by atoms with van der Waals surface area (Å²) in [6, 6.07) is 14.5. The summed E-state index contributed by atoms with van der Waals surface area (Å²) in [5.41, 5.74) is 3.03. The molecule has 0 bridgehead atoms. The fourth-order valence-corrected chi connectivity index (χ4v) is 3.37. The van der Waals surface area contributed by atoms with E-state index in [9.17, 15) is 8.78 Å². The number of benzene rings is 2. The monoisotopic (exact) mass is 426 g/mol. The Balaban J connectivity index is 1.62. The number of hydrogen-bond acceptors (Lipinski definition) is 6. The van der Waals surface area contributed by atoms with Gasteiger partial charge in [-0.15, -0.1) is 0 Å². The van der Waals surface area contributed by atoms with Crippen molar-refractivity contribution in [2.75, 3.05) is 5.32 Å². The molecule has 2 aromatic carbocycles. The summed E-state index contributed by atoms with van der Waals surface area (Å²) in [4.78, 5) is 22.0. The zero-order valence-electron chi connectivity index (χ0n) is 16.7. The van der Waals surface area contributed by atoms with Gasteiger partial charge in [0.25, 0.3) is 0 Å². The van der Waals surface area contributed by atoms with Gasteiger partial charge in [-0.25, -0.2) is 23.7 Å². The highest BCUT2D eigenvalue weighted by atomic mass is 19.1. The van der Waals surface area contributed by atoms with E-state index in [-0.39, 0.29) is 0 Å². The van der Waals surface area contributed by atoms with E-state index in [1.54, 1.807) is 36.9 Å². The Labute approximate surface area is 182 Å². The van der Waals surface area contributed by atoms with Crippen molar-refractivity contribution in [1.82, 2.24) is 24.9 Å². The number of hydrogen-bond donors (Lipinski definition) is 1. The quantitative estimate of drug-likeness (QED) is 0.424. The van der Waals surface area contributed by atoms with Gasteiger partial charge in [0.15, 0.2) is 5.82 Å². The zero-order chi connectivity index (χ0) is 21.9. The first-order chi connectivity index (χ1) is 15.7. The molecule has 6 nitrogen and oxygen atoms in total. The van der Waals surface area contributed by atoms with Gasteiger partial charge in [0, 0.05) is 30.0 Å². The van der Waals surface area contributed by atoms with Crippen LogP contribution in [-0.2, 0) is 6.54 Å².